The van der Waals surface area contributed by atoms with Crippen molar-refractivity contribution < 1.29 is 4.79 Å². The minimum atomic E-state index is 0.0724. The predicted molar refractivity (Wildman–Crippen MR) is 128 cm³/mol. The van der Waals surface area contributed by atoms with Gasteiger partial charge in [0.2, 0.25) is 5.95 Å². The molecule has 8 nitrogen and oxygen atoms in total. The lowest BCUT2D eigenvalue weighted by Crippen LogP contribution is -2.31. The Morgan fingerprint density at radius 2 is 1.97 bits per heavy atom. The molecular formula is C25H25N7O. The summed E-state index contributed by atoms with van der Waals surface area (Å²) in [6.45, 7) is 3.69. The third-order valence-corrected chi connectivity index (χ3v) is 6.62. The fourth-order valence-electron chi connectivity index (χ4n) is 4.86. The Morgan fingerprint density at radius 1 is 1.09 bits per heavy atom. The van der Waals surface area contributed by atoms with Gasteiger partial charge in [-0.1, -0.05) is 30.3 Å². The van der Waals surface area contributed by atoms with Crippen molar-refractivity contribution in [1.29, 1.82) is 0 Å². The lowest BCUT2D eigenvalue weighted by molar-refractivity contribution is 0.219. The van der Waals surface area contributed by atoms with Gasteiger partial charge in [-0.2, -0.15) is 4.98 Å². The highest BCUT2D eigenvalue weighted by atomic mass is 16.2. The van der Waals surface area contributed by atoms with Gasteiger partial charge in [0, 0.05) is 25.0 Å². The van der Waals surface area contributed by atoms with Crippen LogP contribution in [0, 0.1) is 0 Å². The third-order valence-electron chi connectivity index (χ3n) is 6.62. The zero-order valence-electron chi connectivity index (χ0n) is 18.4. The summed E-state index contributed by atoms with van der Waals surface area (Å²) in [4.78, 5) is 30.4. The van der Waals surface area contributed by atoms with Crippen molar-refractivity contribution in [3.05, 3.63) is 72.7 Å². The summed E-state index contributed by atoms with van der Waals surface area (Å²) in [5.41, 5.74) is 3.83. The van der Waals surface area contributed by atoms with Crippen LogP contribution >= 0.6 is 0 Å². The van der Waals surface area contributed by atoms with E-state index in [2.05, 4.69) is 34.3 Å². The quantitative estimate of drug-likeness (QED) is 0.499. The summed E-state index contributed by atoms with van der Waals surface area (Å²) in [6.07, 6.45) is 5.70. The van der Waals surface area contributed by atoms with Gasteiger partial charge in [0.05, 0.1) is 23.1 Å². The smallest absolute Gasteiger partial charge is 0.324 e. The molecule has 0 saturated carbocycles. The Hall–Kier alpha value is -3.94. The van der Waals surface area contributed by atoms with Crippen LogP contribution < -0.4 is 10.2 Å². The van der Waals surface area contributed by atoms with Gasteiger partial charge >= 0.3 is 6.03 Å². The van der Waals surface area contributed by atoms with E-state index in [4.69, 9.17) is 4.98 Å². The number of rotatable bonds is 5. The van der Waals surface area contributed by atoms with Gasteiger partial charge in [-0.25, -0.2) is 14.8 Å². The van der Waals surface area contributed by atoms with E-state index in [0.29, 0.717) is 12.0 Å². The first-order chi connectivity index (χ1) is 16.2. The first-order valence-electron chi connectivity index (χ1n) is 11.4. The van der Waals surface area contributed by atoms with Gasteiger partial charge in [0.15, 0.2) is 0 Å². The monoisotopic (exact) mass is 439 g/mol. The van der Waals surface area contributed by atoms with E-state index in [-0.39, 0.29) is 12.1 Å². The number of hydrogen-bond donors (Lipinski definition) is 1. The summed E-state index contributed by atoms with van der Waals surface area (Å²) < 4.78 is 1.94. The molecule has 2 saturated heterocycles. The summed E-state index contributed by atoms with van der Waals surface area (Å²) in [5.74, 6) is 1.28. The molecule has 0 spiro atoms. The van der Waals surface area contributed by atoms with Crippen molar-refractivity contribution >= 4 is 28.7 Å². The molecule has 4 heterocycles. The minimum absolute atomic E-state index is 0.0724. The lowest BCUT2D eigenvalue weighted by atomic mass is 10.1. The molecule has 2 amide bonds. The van der Waals surface area contributed by atoms with Crippen molar-refractivity contribution in [2.24, 2.45) is 0 Å². The van der Waals surface area contributed by atoms with E-state index < -0.39 is 0 Å². The number of aromatic nitrogens is 4. The first-order valence-corrected chi connectivity index (χ1v) is 11.4. The molecule has 33 heavy (non-hydrogen) atoms. The Kier molecular flexibility index (Phi) is 4.71. The molecule has 2 aromatic carbocycles. The standard InChI is InChI=1S/C25H25N7O/c1-17(18-6-3-2-4-7-18)28-24-26-12-11-23(29-24)32-16-27-21-10-9-19(14-22(21)32)31-15-20-8-5-13-30(20)25(31)33/h2-4,6-7,9-12,14,16-17,20H,5,8,13,15H2,1H3,(H,26,28,29)/t17-,20?/m0/s1. The zero-order chi connectivity index (χ0) is 22.4. The van der Waals surface area contributed by atoms with Crippen LogP contribution in [0.2, 0.25) is 0 Å². The normalized spacial score (nSPS) is 18.7. The Balaban J connectivity index is 1.30. The maximum absolute atomic E-state index is 12.9. The molecular weight excluding hydrogens is 414 g/mol. The van der Waals surface area contributed by atoms with Crippen LogP contribution in [0.1, 0.15) is 31.4 Å². The fourth-order valence-corrected chi connectivity index (χ4v) is 4.86. The van der Waals surface area contributed by atoms with Crippen LogP contribution in [0.5, 0.6) is 0 Å². The van der Waals surface area contributed by atoms with Gasteiger partial charge in [0.25, 0.3) is 0 Å². The molecule has 2 aliphatic rings. The number of nitrogens with one attached hydrogen (secondary N) is 1. The predicted octanol–water partition coefficient (Wildman–Crippen LogP) is 4.39. The van der Waals surface area contributed by atoms with Crippen molar-refractivity contribution in [2.45, 2.75) is 31.8 Å². The van der Waals surface area contributed by atoms with Crippen LogP contribution in [0.25, 0.3) is 16.9 Å². The van der Waals surface area contributed by atoms with Crippen molar-refractivity contribution in [1.82, 2.24) is 24.4 Å². The number of anilines is 2. The number of carbonyl (C=O) groups excluding carboxylic acids is 1. The van der Waals surface area contributed by atoms with Crippen LogP contribution in [0.15, 0.2) is 67.1 Å². The molecule has 6 rings (SSSR count). The van der Waals surface area contributed by atoms with Crippen molar-refractivity contribution in [3.8, 4) is 5.82 Å². The molecule has 4 aromatic rings. The second-order valence-corrected chi connectivity index (χ2v) is 8.69. The van der Waals surface area contributed by atoms with Gasteiger partial charge < -0.3 is 10.2 Å². The number of amides is 2. The molecule has 1 N–H and O–H groups in total. The van der Waals surface area contributed by atoms with Gasteiger partial charge in [-0.05, 0) is 49.6 Å². The van der Waals surface area contributed by atoms with Gasteiger partial charge in [-0.3, -0.25) is 9.47 Å². The lowest BCUT2D eigenvalue weighted by Gasteiger charge is -2.18. The Labute approximate surface area is 191 Å². The molecule has 0 radical (unpaired) electrons. The summed E-state index contributed by atoms with van der Waals surface area (Å²) >= 11 is 0. The molecule has 2 atom stereocenters. The topological polar surface area (TPSA) is 79.2 Å². The van der Waals surface area contributed by atoms with Crippen LogP contribution in [0.3, 0.4) is 0 Å². The number of hydrogen-bond acceptors (Lipinski definition) is 5. The molecule has 166 valence electrons. The highest BCUT2D eigenvalue weighted by Gasteiger charge is 2.40. The molecule has 2 fully saturated rings. The summed E-state index contributed by atoms with van der Waals surface area (Å²) in [6, 6.07) is 18.6. The molecule has 0 bridgehead atoms. The Morgan fingerprint density at radius 3 is 2.82 bits per heavy atom. The highest BCUT2D eigenvalue weighted by molar-refractivity contribution is 5.97. The number of fused-ring (bicyclic) bond motifs is 2. The maximum Gasteiger partial charge on any atom is 0.324 e. The summed E-state index contributed by atoms with van der Waals surface area (Å²) in [7, 11) is 0. The van der Waals surface area contributed by atoms with Crippen molar-refractivity contribution in [3.63, 3.8) is 0 Å². The largest absolute Gasteiger partial charge is 0.348 e. The molecule has 0 aliphatic carbocycles. The molecule has 2 aliphatic heterocycles. The van der Waals surface area contributed by atoms with E-state index in [1.54, 1.807) is 12.5 Å². The highest BCUT2D eigenvalue weighted by Crippen LogP contribution is 2.32. The average molecular weight is 440 g/mol. The number of nitrogens with zero attached hydrogens (tertiary/aromatic N) is 6. The Bertz CT molecular complexity index is 1320. The van der Waals surface area contributed by atoms with Crippen LogP contribution in [-0.2, 0) is 0 Å². The van der Waals surface area contributed by atoms with E-state index >= 15 is 0 Å². The van der Waals surface area contributed by atoms with Gasteiger partial charge in [0.1, 0.15) is 12.1 Å². The second-order valence-electron chi connectivity index (χ2n) is 8.69. The number of urea groups is 1. The third kappa shape index (κ3) is 3.47. The average Bonchev–Trinajstić information content (AvgIpc) is 3.56. The van der Waals surface area contributed by atoms with E-state index in [9.17, 15) is 4.79 Å². The van der Waals surface area contributed by atoms with Crippen LogP contribution in [-0.4, -0.2) is 49.6 Å². The zero-order valence-corrected chi connectivity index (χ0v) is 18.4. The SMILES string of the molecule is C[C@H](Nc1nccc(-n2cnc3ccc(N4CC5CCCN5C4=O)cc32)n1)c1ccccc1. The first kappa shape index (κ1) is 19.7. The number of imidazole rings is 1. The van der Waals surface area contributed by atoms with Crippen LogP contribution in [0.4, 0.5) is 16.4 Å². The van der Waals surface area contributed by atoms with E-state index in [1.165, 1.54) is 5.56 Å². The number of benzene rings is 2. The molecule has 2 aromatic heterocycles. The maximum atomic E-state index is 12.9. The van der Waals surface area contributed by atoms with E-state index in [0.717, 1.165) is 48.5 Å². The van der Waals surface area contributed by atoms with Crippen molar-refractivity contribution in [2.75, 3.05) is 23.3 Å². The van der Waals surface area contributed by atoms with E-state index in [1.807, 2.05) is 56.8 Å². The second kappa shape index (κ2) is 7.88. The molecule has 1 unspecified atom stereocenters. The minimum Gasteiger partial charge on any atom is -0.348 e. The molecule has 8 heteroatoms. The number of carbonyl (C=O) groups is 1. The fraction of sp³-hybridized carbons (Fsp3) is 0.280. The van der Waals surface area contributed by atoms with Gasteiger partial charge in [-0.15, -0.1) is 0 Å². The summed E-state index contributed by atoms with van der Waals surface area (Å²) in [5, 5.41) is 3.38.